The summed E-state index contributed by atoms with van der Waals surface area (Å²) in [4.78, 5) is 15.1. The minimum Gasteiger partial charge on any atom is -0.377 e. The summed E-state index contributed by atoms with van der Waals surface area (Å²) in [6.07, 6.45) is 3.95. The summed E-state index contributed by atoms with van der Waals surface area (Å²) in [5, 5.41) is 7.32. The van der Waals surface area contributed by atoms with Gasteiger partial charge in [-0.25, -0.2) is 0 Å². The quantitative estimate of drug-likeness (QED) is 0.722. The Morgan fingerprint density at radius 1 is 1.31 bits per heavy atom. The Morgan fingerprint density at radius 2 is 2.07 bits per heavy atom. The Bertz CT molecular complexity index is 792. The van der Waals surface area contributed by atoms with E-state index in [1.165, 1.54) is 18.4 Å². The first kappa shape index (κ1) is 21.5. The topological polar surface area (TPSA) is 59.4 Å². The predicted molar refractivity (Wildman–Crippen MR) is 116 cm³/mol. The van der Waals surface area contributed by atoms with Gasteiger partial charge in [-0.1, -0.05) is 12.1 Å². The summed E-state index contributed by atoms with van der Waals surface area (Å²) in [5.41, 5.74) is 3.48. The second kappa shape index (κ2) is 10.0. The van der Waals surface area contributed by atoms with Crippen molar-refractivity contribution in [1.29, 1.82) is 0 Å². The number of amides is 1. The molecule has 158 valence electrons. The Hall–Kier alpha value is -2.18. The molecule has 0 bridgehead atoms. The van der Waals surface area contributed by atoms with E-state index in [1.807, 2.05) is 32.0 Å². The largest absolute Gasteiger partial charge is 0.377 e. The third-order valence-corrected chi connectivity index (χ3v) is 5.47. The molecular weight excluding hydrogens is 364 g/mol. The number of carbonyl (C=O) groups is 1. The summed E-state index contributed by atoms with van der Waals surface area (Å²) < 4.78 is 7.65. The first-order valence-electron chi connectivity index (χ1n) is 10.8. The van der Waals surface area contributed by atoms with Crippen LogP contribution in [0.5, 0.6) is 0 Å². The molecule has 29 heavy (non-hydrogen) atoms. The van der Waals surface area contributed by atoms with Gasteiger partial charge in [0.1, 0.15) is 5.69 Å². The minimum atomic E-state index is -0.126. The molecule has 2 aromatic rings. The molecule has 1 saturated heterocycles. The third kappa shape index (κ3) is 5.90. The standard InChI is InChI=1S/C23H34N4O2/c1-5-27-22(14-18(4)25-27)23(28)24-20-11-9-19(10-12-20)15-26(17(2)3)16-21-8-6-7-13-29-21/h9-12,14,17,21H,5-8,13,15-16H2,1-4H3,(H,24,28). The highest BCUT2D eigenvalue weighted by Gasteiger charge is 2.20. The van der Waals surface area contributed by atoms with Crippen molar-refractivity contribution in [1.82, 2.24) is 14.7 Å². The zero-order valence-electron chi connectivity index (χ0n) is 18.1. The highest BCUT2D eigenvalue weighted by atomic mass is 16.5. The van der Waals surface area contributed by atoms with Crippen LogP contribution < -0.4 is 5.32 Å². The Balaban J connectivity index is 1.60. The summed E-state index contributed by atoms with van der Waals surface area (Å²) in [5.74, 6) is -0.126. The van der Waals surface area contributed by atoms with E-state index in [1.54, 1.807) is 4.68 Å². The van der Waals surface area contributed by atoms with E-state index in [4.69, 9.17) is 4.74 Å². The van der Waals surface area contributed by atoms with Crippen molar-refractivity contribution in [3.05, 3.63) is 47.3 Å². The number of aromatic nitrogens is 2. The highest BCUT2D eigenvalue weighted by molar-refractivity contribution is 6.03. The number of nitrogens with one attached hydrogen (secondary N) is 1. The number of anilines is 1. The van der Waals surface area contributed by atoms with Crippen LogP contribution in [0, 0.1) is 6.92 Å². The molecule has 1 aromatic heterocycles. The highest BCUT2D eigenvalue weighted by Crippen LogP contribution is 2.18. The summed E-state index contributed by atoms with van der Waals surface area (Å²) >= 11 is 0. The number of benzene rings is 1. The maximum atomic E-state index is 12.6. The Morgan fingerprint density at radius 3 is 2.69 bits per heavy atom. The third-order valence-electron chi connectivity index (χ3n) is 5.47. The lowest BCUT2D eigenvalue weighted by Gasteiger charge is -2.32. The van der Waals surface area contributed by atoms with E-state index in [0.29, 0.717) is 24.4 Å². The van der Waals surface area contributed by atoms with Gasteiger partial charge in [-0.3, -0.25) is 14.4 Å². The lowest BCUT2D eigenvalue weighted by molar-refractivity contribution is -0.0129. The van der Waals surface area contributed by atoms with Gasteiger partial charge in [0.25, 0.3) is 5.91 Å². The summed E-state index contributed by atoms with van der Waals surface area (Å²) in [7, 11) is 0. The van der Waals surface area contributed by atoms with Crippen molar-refractivity contribution in [2.75, 3.05) is 18.5 Å². The average Bonchev–Trinajstić information content (AvgIpc) is 3.10. The number of aryl methyl sites for hydroxylation is 2. The van der Waals surface area contributed by atoms with Crippen LogP contribution in [0.3, 0.4) is 0 Å². The maximum Gasteiger partial charge on any atom is 0.273 e. The van der Waals surface area contributed by atoms with Crippen molar-refractivity contribution >= 4 is 11.6 Å². The zero-order chi connectivity index (χ0) is 20.8. The van der Waals surface area contributed by atoms with E-state index in [9.17, 15) is 4.79 Å². The molecule has 1 N–H and O–H groups in total. The predicted octanol–water partition coefficient (Wildman–Crippen LogP) is 4.24. The fourth-order valence-electron chi connectivity index (χ4n) is 3.76. The number of carbonyl (C=O) groups excluding carboxylic acids is 1. The molecule has 1 aliphatic rings. The number of hydrogen-bond donors (Lipinski definition) is 1. The Kier molecular flexibility index (Phi) is 7.45. The number of rotatable bonds is 8. The molecule has 1 aromatic carbocycles. The van der Waals surface area contributed by atoms with Gasteiger partial charge in [-0.05, 0) is 70.7 Å². The molecule has 0 spiro atoms. The number of nitrogens with zero attached hydrogens (tertiary/aromatic N) is 3. The van der Waals surface area contributed by atoms with E-state index in [0.717, 1.165) is 37.5 Å². The molecule has 1 fully saturated rings. The zero-order valence-corrected chi connectivity index (χ0v) is 18.1. The smallest absolute Gasteiger partial charge is 0.273 e. The van der Waals surface area contributed by atoms with E-state index >= 15 is 0 Å². The van der Waals surface area contributed by atoms with Gasteiger partial charge in [0.2, 0.25) is 0 Å². The second-order valence-corrected chi connectivity index (χ2v) is 8.15. The van der Waals surface area contributed by atoms with Crippen LogP contribution in [0.25, 0.3) is 0 Å². The number of ether oxygens (including phenoxy) is 1. The van der Waals surface area contributed by atoms with Crippen LogP contribution in [0.15, 0.2) is 30.3 Å². The van der Waals surface area contributed by atoms with Crippen molar-refractivity contribution in [2.24, 2.45) is 0 Å². The van der Waals surface area contributed by atoms with Gasteiger partial charge in [0.05, 0.1) is 11.8 Å². The fraction of sp³-hybridized carbons (Fsp3) is 0.565. The fourth-order valence-corrected chi connectivity index (χ4v) is 3.76. The first-order valence-corrected chi connectivity index (χ1v) is 10.8. The molecule has 2 heterocycles. The molecule has 6 nitrogen and oxygen atoms in total. The molecule has 1 unspecified atom stereocenters. The van der Waals surface area contributed by atoms with E-state index < -0.39 is 0 Å². The van der Waals surface area contributed by atoms with Gasteiger partial charge in [-0.15, -0.1) is 0 Å². The normalized spacial score (nSPS) is 17.1. The molecule has 1 amide bonds. The van der Waals surface area contributed by atoms with Crippen LogP contribution in [0.4, 0.5) is 5.69 Å². The van der Waals surface area contributed by atoms with E-state index in [2.05, 4.69) is 41.3 Å². The first-order chi connectivity index (χ1) is 14.0. The monoisotopic (exact) mass is 398 g/mol. The minimum absolute atomic E-state index is 0.126. The molecule has 1 aliphatic heterocycles. The average molecular weight is 399 g/mol. The number of hydrogen-bond acceptors (Lipinski definition) is 4. The van der Waals surface area contributed by atoms with Crippen LogP contribution in [0.1, 0.15) is 61.8 Å². The van der Waals surface area contributed by atoms with Gasteiger partial charge in [-0.2, -0.15) is 5.10 Å². The molecule has 0 radical (unpaired) electrons. The SMILES string of the molecule is CCn1nc(C)cc1C(=O)Nc1ccc(CN(CC2CCCCO2)C(C)C)cc1. The lowest BCUT2D eigenvalue weighted by Crippen LogP contribution is -2.39. The van der Waals surface area contributed by atoms with Gasteiger partial charge >= 0.3 is 0 Å². The molecular formula is C23H34N4O2. The van der Waals surface area contributed by atoms with Crippen molar-refractivity contribution < 1.29 is 9.53 Å². The molecule has 6 heteroatoms. The Labute approximate surface area is 174 Å². The van der Waals surface area contributed by atoms with Crippen molar-refractivity contribution in [3.63, 3.8) is 0 Å². The van der Waals surface area contributed by atoms with Gasteiger partial charge < -0.3 is 10.1 Å². The van der Waals surface area contributed by atoms with Gasteiger partial charge in [0.15, 0.2) is 0 Å². The van der Waals surface area contributed by atoms with Crippen molar-refractivity contribution in [3.8, 4) is 0 Å². The lowest BCUT2D eigenvalue weighted by atomic mass is 10.1. The molecule has 0 aliphatic carbocycles. The van der Waals surface area contributed by atoms with Crippen LogP contribution in [-0.2, 0) is 17.8 Å². The van der Waals surface area contributed by atoms with Crippen LogP contribution in [-0.4, -0.2) is 45.9 Å². The molecule has 1 atom stereocenters. The summed E-state index contributed by atoms with van der Waals surface area (Å²) in [6.45, 7) is 11.8. The molecule has 0 saturated carbocycles. The van der Waals surface area contributed by atoms with Crippen molar-refractivity contribution in [2.45, 2.75) is 72.2 Å². The van der Waals surface area contributed by atoms with Crippen LogP contribution in [0.2, 0.25) is 0 Å². The molecule has 3 rings (SSSR count). The second-order valence-electron chi connectivity index (χ2n) is 8.15. The van der Waals surface area contributed by atoms with E-state index in [-0.39, 0.29) is 5.91 Å². The van der Waals surface area contributed by atoms with Gasteiger partial charge in [0, 0.05) is 38.0 Å². The summed E-state index contributed by atoms with van der Waals surface area (Å²) in [6, 6.07) is 10.4. The maximum absolute atomic E-state index is 12.6. The van der Waals surface area contributed by atoms with Crippen LogP contribution >= 0.6 is 0 Å².